The van der Waals surface area contributed by atoms with E-state index < -0.39 is 5.60 Å². The van der Waals surface area contributed by atoms with E-state index in [0.717, 1.165) is 12.5 Å². The third-order valence-corrected chi connectivity index (χ3v) is 2.60. The molecule has 1 aliphatic rings. The van der Waals surface area contributed by atoms with Crippen LogP contribution in [0.3, 0.4) is 0 Å². The Bertz CT molecular complexity index is 305. The van der Waals surface area contributed by atoms with Crippen molar-refractivity contribution < 1.29 is 19.1 Å². The molecule has 0 unspecified atom stereocenters. The summed E-state index contributed by atoms with van der Waals surface area (Å²) in [5.41, 5.74) is -0.496. The second-order valence-corrected chi connectivity index (χ2v) is 5.95. The SMILES string of the molecule is CC(C)(C)OC(=O)CCC(=O)NCCOCC1CC1. The van der Waals surface area contributed by atoms with E-state index in [1.807, 2.05) is 20.8 Å². The summed E-state index contributed by atoms with van der Waals surface area (Å²) in [6.45, 7) is 7.26. The monoisotopic (exact) mass is 271 g/mol. The molecule has 0 radical (unpaired) electrons. The first kappa shape index (κ1) is 16.0. The lowest BCUT2D eigenvalue weighted by Gasteiger charge is -2.19. The summed E-state index contributed by atoms with van der Waals surface area (Å²) in [4.78, 5) is 22.8. The number of amides is 1. The Labute approximate surface area is 115 Å². The Kier molecular flexibility index (Phi) is 6.28. The molecule has 0 heterocycles. The molecular weight excluding hydrogens is 246 g/mol. The number of hydrogen-bond donors (Lipinski definition) is 1. The second kappa shape index (κ2) is 7.48. The molecule has 1 saturated carbocycles. The molecule has 0 saturated heterocycles. The highest BCUT2D eigenvalue weighted by molar-refractivity contribution is 5.81. The van der Waals surface area contributed by atoms with E-state index in [2.05, 4.69) is 5.32 Å². The van der Waals surface area contributed by atoms with Crippen LogP contribution in [0.1, 0.15) is 46.5 Å². The van der Waals surface area contributed by atoms with Crippen molar-refractivity contribution in [1.29, 1.82) is 0 Å². The lowest BCUT2D eigenvalue weighted by atomic mass is 10.2. The molecule has 5 nitrogen and oxygen atoms in total. The molecule has 1 fully saturated rings. The summed E-state index contributed by atoms with van der Waals surface area (Å²) in [5, 5.41) is 2.72. The van der Waals surface area contributed by atoms with Crippen LogP contribution in [-0.2, 0) is 19.1 Å². The topological polar surface area (TPSA) is 64.6 Å². The van der Waals surface area contributed by atoms with E-state index in [4.69, 9.17) is 9.47 Å². The molecule has 0 atom stereocenters. The van der Waals surface area contributed by atoms with Gasteiger partial charge in [-0.3, -0.25) is 9.59 Å². The zero-order chi connectivity index (χ0) is 14.3. The van der Waals surface area contributed by atoms with Gasteiger partial charge in [-0.05, 0) is 39.5 Å². The molecule has 1 aliphatic carbocycles. The quantitative estimate of drug-likeness (QED) is 0.538. The highest BCUT2D eigenvalue weighted by Crippen LogP contribution is 2.28. The van der Waals surface area contributed by atoms with Gasteiger partial charge in [0, 0.05) is 19.6 Å². The molecule has 5 heteroatoms. The maximum atomic E-state index is 11.4. The largest absolute Gasteiger partial charge is 0.460 e. The number of ether oxygens (including phenoxy) is 2. The van der Waals surface area contributed by atoms with E-state index in [1.165, 1.54) is 12.8 Å². The van der Waals surface area contributed by atoms with Crippen molar-refractivity contribution >= 4 is 11.9 Å². The summed E-state index contributed by atoms with van der Waals surface area (Å²) in [6.07, 6.45) is 2.81. The predicted molar refractivity (Wildman–Crippen MR) is 71.6 cm³/mol. The van der Waals surface area contributed by atoms with Crippen LogP contribution in [0.5, 0.6) is 0 Å². The summed E-state index contributed by atoms with van der Waals surface area (Å²) in [7, 11) is 0. The molecule has 19 heavy (non-hydrogen) atoms. The normalized spacial score (nSPS) is 15.1. The van der Waals surface area contributed by atoms with E-state index in [1.54, 1.807) is 0 Å². The predicted octanol–water partition coefficient (Wildman–Crippen LogP) is 1.65. The van der Waals surface area contributed by atoms with Gasteiger partial charge in [-0.1, -0.05) is 0 Å². The molecule has 0 aromatic rings. The van der Waals surface area contributed by atoms with Gasteiger partial charge in [0.15, 0.2) is 0 Å². The van der Waals surface area contributed by atoms with Crippen molar-refractivity contribution in [1.82, 2.24) is 5.32 Å². The van der Waals surface area contributed by atoms with E-state index in [0.29, 0.717) is 13.2 Å². The molecule has 110 valence electrons. The van der Waals surface area contributed by atoms with E-state index >= 15 is 0 Å². The van der Waals surface area contributed by atoms with Gasteiger partial charge in [0.05, 0.1) is 13.0 Å². The van der Waals surface area contributed by atoms with Gasteiger partial charge >= 0.3 is 5.97 Å². The van der Waals surface area contributed by atoms with Crippen LogP contribution in [-0.4, -0.2) is 37.2 Å². The fraction of sp³-hybridized carbons (Fsp3) is 0.857. The minimum atomic E-state index is -0.496. The Morgan fingerprint density at radius 3 is 2.47 bits per heavy atom. The zero-order valence-corrected chi connectivity index (χ0v) is 12.2. The number of carbonyl (C=O) groups is 2. The first-order chi connectivity index (χ1) is 8.87. The second-order valence-electron chi connectivity index (χ2n) is 5.95. The average Bonchev–Trinajstić information content (AvgIpc) is 3.07. The Morgan fingerprint density at radius 2 is 1.89 bits per heavy atom. The van der Waals surface area contributed by atoms with Crippen LogP contribution in [0.15, 0.2) is 0 Å². The summed E-state index contributed by atoms with van der Waals surface area (Å²) in [6, 6.07) is 0. The molecule has 1 rings (SSSR count). The van der Waals surface area contributed by atoms with Crippen molar-refractivity contribution in [2.45, 2.75) is 52.1 Å². The van der Waals surface area contributed by atoms with Gasteiger partial charge in [0.1, 0.15) is 5.60 Å². The van der Waals surface area contributed by atoms with Crippen molar-refractivity contribution in [3.63, 3.8) is 0 Å². The molecule has 0 aromatic heterocycles. The maximum Gasteiger partial charge on any atom is 0.306 e. The smallest absolute Gasteiger partial charge is 0.306 e. The summed E-state index contributed by atoms with van der Waals surface area (Å²) in [5.74, 6) is 0.261. The molecule has 0 aromatic carbocycles. The molecular formula is C14H25NO4. The van der Waals surface area contributed by atoms with Crippen LogP contribution >= 0.6 is 0 Å². The van der Waals surface area contributed by atoms with Gasteiger partial charge in [0.2, 0.25) is 5.91 Å². The van der Waals surface area contributed by atoms with Crippen molar-refractivity contribution in [2.75, 3.05) is 19.8 Å². The molecule has 0 aliphatic heterocycles. The molecule has 1 amide bonds. The van der Waals surface area contributed by atoms with Crippen molar-refractivity contribution in [3.8, 4) is 0 Å². The highest BCUT2D eigenvalue weighted by Gasteiger charge is 2.21. The number of nitrogens with one attached hydrogen (secondary N) is 1. The van der Waals surface area contributed by atoms with Crippen LogP contribution in [0.4, 0.5) is 0 Å². The average molecular weight is 271 g/mol. The van der Waals surface area contributed by atoms with Crippen molar-refractivity contribution in [3.05, 3.63) is 0 Å². The van der Waals surface area contributed by atoms with Gasteiger partial charge in [0.25, 0.3) is 0 Å². The Balaban J connectivity index is 1.95. The Morgan fingerprint density at radius 1 is 1.21 bits per heavy atom. The maximum absolute atomic E-state index is 11.4. The van der Waals surface area contributed by atoms with Crippen molar-refractivity contribution in [2.24, 2.45) is 5.92 Å². The molecule has 0 bridgehead atoms. The zero-order valence-electron chi connectivity index (χ0n) is 12.2. The van der Waals surface area contributed by atoms with E-state index in [9.17, 15) is 9.59 Å². The Hall–Kier alpha value is -1.10. The number of esters is 1. The first-order valence-corrected chi connectivity index (χ1v) is 6.93. The van der Waals surface area contributed by atoms with Crippen LogP contribution in [0.2, 0.25) is 0 Å². The van der Waals surface area contributed by atoms with E-state index in [-0.39, 0.29) is 24.7 Å². The number of rotatable bonds is 8. The minimum absolute atomic E-state index is 0.117. The van der Waals surface area contributed by atoms with Gasteiger partial charge in [-0.2, -0.15) is 0 Å². The van der Waals surface area contributed by atoms with Crippen LogP contribution in [0.25, 0.3) is 0 Å². The third kappa shape index (κ3) is 9.47. The first-order valence-electron chi connectivity index (χ1n) is 6.93. The lowest BCUT2D eigenvalue weighted by Crippen LogP contribution is -2.29. The minimum Gasteiger partial charge on any atom is -0.460 e. The standard InChI is InChI=1S/C14H25NO4/c1-14(2,3)19-13(17)7-6-12(16)15-8-9-18-10-11-4-5-11/h11H,4-10H2,1-3H3,(H,15,16). The number of hydrogen-bond acceptors (Lipinski definition) is 4. The fourth-order valence-electron chi connectivity index (χ4n) is 1.49. The molecule has 0 spiro atoms. The fourth-order valence-corrected chi connectivity index (χ4v) is 1.49. The third-order valence-electron chi connectivity index (χ3n) is 2.60. The van der Waals surface area contributed by atoms with Gasteiger partial charge < -0.3 is 14.8 Å². The van der Waals surface area contributed by atoms with Crippen LogP contribution in [0, 0.1) is 5.92 Å². The van der Waals surface area contributed by atoms with Gasteiger partial charge in [-0.15, -0.1) is 0 Å². The van der Waals surface area contributed by atoms with Crippen LogP contribution < -0.4 is 5.32 Å². The highest BCUT2D eigenvalue weighted by atomic mass is 16.6. The summed E-state index contributed by atoms with van der Waals surface area (Å²) < 4.78 is 10.5. The number of carbonyl (C=O) groups excluding carboxylic acids is 2. The molecule has 1 N–H and O–H groups in total. The lowest BCUT2D eigenvalue weighted by molar-refractivity contribution is -0.155. The summed E-state index contributed by atoms with van der Waals surface area (Å²) >= 11 is 0. The van der Waals surface area contributed by atoms with Gasteiger partial charge in [-0.25, -0.2) is 0 Å².